The van der Waals surface area contributed by atoms with Crippen molar-refractivity contribution in [1.29, 1.82) is 0 Å². The zero-order valence-electron chi connectivity index (χ0n) is 21.3. The molecule has 3 aromatic heterocycles. The van der Waals surface area contributed by atoms with Crippen LogP contribution in [0.25, 0.3) is 49.4 Å². The van der Waals surface area contributed by atoms with Crippen LogP contribution in [0.1, 0.15) is 0 Å². The molecule has 0 amide bonds. The molecule has 0 saturated carbocycles. The number of anilines is 3. The standard InChI is InChI=1S/C36H25N3/c1-3-13-26(14-4-1)39(27-15-5-2-6-16-27)28-17-11-12-25(24-28)34-31-19-8-10-21-33(31)38-23-22-30-29-18-7-9-20-32(29)37-35(30)36(34)38/h1-24,37H. The summed E-state index contributed by atoms with van der Waals surface area (Å²) in [6, 6.07) is 49.6. The normalized spacial score (nSPS) is 11.6. The number of hydrogen-bond acceptors (Lipinski definition) is 1. The van der Waals surface area contributed by atoms with Gasteiger partial charge in [0.1, 0.15) is 0 Å². The molecule has 0 bridgehead atoms. The number of aromatic amines is 1. The Bertz CT molecular complexity index is 2080. The van der Waals surface area contributed by atoms with Gasteiger partial charge in [0.15, 0.2) is 0 Å². The van der Waals surface area contributed by atoms with Gasteiger partial charge in [0.2, 0.25) is 0 Å². The van der Waals surface area contributed by atoms with E-state index in [1.807, 2.05) is 0 Å². The van der Waals surface area contributed by atoms with Gasteiger partial charge in [-0.3, -0.25) is 0 Å². The molecular formula is C36H25N3. The van der Waals surface area contributed by atoms with Crippen LogP contribution < -0.4 is 4.90 Å². The van der Waals surface area contributed by atoms with E-state index >= 15 is 0 Å². The number of rotatable bonds is 4. The van der Waals surface area contributed by atoms with E-state index in [2.05, 4.69) is 160 Å². The molecule has 8 aromatic rings. The van der Waals surface area contributed by atoms with Gasteiger partial charge in [-0.15, -0.1) is 0 Å². The quantitative estimate of drug-likeness (QED) is 0.256. The third-order valence-corrected chi connectivity index (χ3v) is 7.71. The predicted octanol–water partition coefficient (Wildman–Crippen LogP) is 9.86. The Morgan fingerprint density at radius 3 is 1.92 bits per heavy atom. The van der Waals surface area contributed by atoms with Gasteiger partial charge in [0.05, 0.1) is 16.6 Å². The van der Waals surface area contributed by atoms with Crippen molar-refractivity contribution in [3.63, 3.8) is 0 Å². The van der Waals surface area contributed by atoms with Gasteiger partial charge < -0.3 is 14.3 Å². The molecule has 0 unspecified atom stereocenters. The zero-order valence-corrected chi connectivity index (χ0v) is 21.3. The molecule has 3 heterocycles. The van der Waals surface area contributed by atoms with Crippen LogP contribution in [-0.4, -0.2) is 9.38 Å². The number of hydrogen-bond donors (Lipinski definition) is 1. The van der Waals surface area contributed by atoms with Crippen LogP contribution in [0.5, 0.6) is 0 Å². The molecule has 0 aliphatic rings. The molecule has 39 heavy (non-hydrogen) atoms. The highest BCUT2D eigenvalue weighted by Crippen LogP contribution is 2.42. The number of nitrogens with one attached hydrogen (secondary N) is 1. The molecule has 8 rings (SSSR count). The Morgan fingerprint density at radius 2 is 1.15 bits per heavy atom. The molecule has 0 atom stereocenters. The molecule has 0 radical (unpaired) electrons. The number of pyridine rings is 1. The summed E-state index contributed by atoms with van der Waals surface area (Å²) in [4.78, 5) is 6.07. The molecule has 3 heteroatoms. The van der Waals surface area contributed by atoms with Gasteiger partial charge in [0.25, 0.3) is 0 Å². The minimum Gasteiger partial charge on any atom is -0.353 e. The first-order chi connectivity index (χ1) is 19.4. The minimum atomic E-state index is 1.12. The van der Waals surface area contributed by atoms with E-state index < -0.39 is 0 Å². The summed E-state index contributed by atoms with van der Waals surface area (Å²) < 4.78 is 2.33. The van der Waals surface area contributed by atoms with E-state index in [4.69, 9.17) is 0 Å². The van der Waals surface area contributed by atoms with Crippen molar-refractivity contribution in [2.75, 3.05) is 4.90 Å². The first kappa shape index (κ1) is 21.8. The summed E-state index contributed by atoms with van der Waals surface area (Å²) in [5, 5.41) is 3.74. The second-order valence-corrected chi connectivity index (χ2v) is 9.94. The van der Waals surface area contributed by atoms with Crippen LogP contribution in [0.4, 0.5) is 17.1 Å². The molecular weight excluding hydrogens is 474 g/mol. The first-order valence-corrected chi connectivity index (χ1v) is 13.3. The zero-order chi connectivity index (χ0) is 25.8. The second kappa shape index (κ2) is 8.64. The van der Waals surface area contributed by atoms with Gasteiger partial charge >= 0.3 is 0 Å². The van der Waals surface area contributed by atoms with Gasteiger partial charge in [-0.25, -0.2) is 0 Å². The molecule has 0 aliphatic carbocycles. The lowest BCUT2D eigenvalue weighted by molar-refractivity contribution is 1.26. The molecule has 0 spiro atoms. The SMILES string of the molecule is c1ccc(N(c2ccccc2)c2cccc(-c3c4ccccc4n4ccc5c6ccccc6[nH]c5c34)c2)cc1. The van der Waals surface area contributed by atoms with E-state index in [-0.39, 0.29) is 0 Å². The van der Waals surface area contributed by atoms with Crippen LogP contribution in [0.3, 0.4) is 0 Å². The fraction of sp³-hybridized carbons (Fsp3) is 0. The number of aromatic nitrogens is 2. The summed E-state index contributed by atoms with van der Waals surface area (Å²) in [7, 11) is 0. The predicted molar refractivity (Wildman–Crippen MR) is 164 cm³/mol. The fourth-order valence-corrected chi connectivity index (χ4v) is 6.03. The lowest BCUT2D eigenvalue weighted by Crippen LogP contribution is -2.09. The number of para-hydroxylation sites is 4. The summed E-state index contributed by atoms with van der Waals surface area (Å²) in [6.07, 6.45) is 2.22. The molecule has 1 N–H and O–H groups in total. The highest BCUT2D eigenvalue weighted by molar-refractivity contribution is 6.19. The second-order valence-electron chi connectivity index (χ2n) is 9.94. The van der Waals surface area contributed by atoms with E-state index in [0.29, 0.717) is 0 Å². The summed E-state index contributed by atoms with van der Waals surface area (Å²) in [5.41, 5.74) is 10.5. The number of H-pyrrole nitrogens is 1. The molecule has 5 aromatic carbocycles. The Labute approximate surface area is 226 Å². The largest absolute Gasteiger partial charge is 0.353 e. The van der Waals surface area contributed by atoms with E-state index in [1.165, 1.54) is 43.8 Å². The molecule has 3 nitrogen and oxygen atoms in total. The van der Waals surface area contributed by atoms with E-state index in [1.54, 1.807) is 0 Å². The van der Waals surface area contributed by atoms with Gasteiger partial charge in [-0.05, 0) is 60.2 Å². The number of nitrogens with zero attached hydrogens (tertiary/aromatic N) is 2. The van der Waals surface area contributed by atoms with Crippen molar-refractivity contribution in [3.8, 4) is 11.1 Å². The third kappa shape index (κ3) is 3.37. The van der Waals surface area contributed by atoms with Crippen molar-refractivity contribution >= 4 is 55.3 Å². The van der Waals surface area contributed by atoms with Crippen molar-refractivity contribution < 1.29 is 0 Å². The first-order valence-electron chi connectivity index (χ1n) is 13.3. The fourth-order valence-electron chi connectivity index (χ4n) is 6.03. The summed E-state index contributed by atoms with van der Waals surface area (Å²) in [6.45, 7) is 0. The smallest absolute Gasteiger partial charge is 0.0784 e. The highest BCUT2D eigenvalue weighted by atomic mass is 15.1. The van der Waals surface area contributed by atoms with Crippen LogP contribution >= 0.6 is 0 Å². The van der Waals surface area contributed by atoms with Crippen molar-refractivity contribution in [3.05, 3.63) is 146 Å². The van der Waals surface area contributed by atoms with E-state index in [9.17, 15) is 0 Å². The topological polar surface area (TPSA) is 23.4 Å². The van der Waals surface area contributed by atoms with Gasteiger partial charge in [0, 0.05) is 50.5 Å². The Morgan fingerprint density at radius 1 is 0.513 bits per heavy atom. The monoisotopic (exact) mass is 499 g/mol. The van der Waals surface area contributed by atoms with Crippen LogP contribution in [0, 0.1) is 0 Å². The summed E-state index contributed by atoms with van der Waals surface area (Å²) >= 11 is 0. The molecule has 0 saturated heterocycles. The maximum atomic E-state index is 3.75. The third-order valence-electron chi connectivity index (χ3n) is 7.71. The lowest BCUT2D eigenvalue weighted by Gasteiger charge is -2.25. The van der Waals surface area contributed by atoms with Crippen LogP contribution in [0.15, 0.2) is 146 Å². The van der Waals surface area contributed by atoms with Gasteiger partial charge in [-0.1, -0.05) is 84.9 Å². The number of fused-ring (bicyclic) bond motifs is 7. The average Bonchev–Trinajstić information content (AvgIpc) is 3.55. The lowest BCUT2D eigenvalue weighted by atomic mass is 10.0. The maximum absolute atomic E-state index is 3.75. The van der Waals surface area contributed by atoms with Crippen LogP contribution in [-0.2, 0) is 0 Å². The molecule has 0 fully saturated rings. The highest BCUT2D eigenvalue weighted by Gasteiger charge is 2.19. The molecule has 184 valence electrons. The summed E-state index contributed by atoms with van der Waals surface area (Å²) in [5.74, 6) is 0. The van der Waals surface area contributed by atoms with Crippen molar-refractivity contribution in [2.24, 2.45) is 0 Å². The Hall–Kier alpha value is -5.28. The van der Waals surface area contributed by atoms with Crippen molar-refractivity contribution in [2.45, 2.75) is 0 Å². The Balaban J connectivity index is 1.43. The Kier molecular flexibility index (Phi) is 4.82. The average molecular weight is 500 g/mol. The van der Waals surface area contributed by atoms with E-state index in [0.717, 1.165) is 22.6 Å². The van der Waals surface area contributed by atoms with Crippen molar-refractivity contribution in [1.82, 2.24) is 9.38 Å². The van der Waals surface area contributed by atoms with Crippen LogP contribution in [0.2, 0.25) is 0 Å². The minimum absolute atomic E-state index is 1.12. The maximum Gasteiger partial charge on any atom is 0.0784 e. The van der Waals surface area contributed by atoms with Gasteiger partial charge in [-0.2, -0.15) is 0 Å². The molecule has 0 aliphatic heterocycles. The number of benzene rings is 5.